The summed E-state index contributed by atoms with van der Waals surface area (Å²) >= 11 is 0. The van der Waals surface area contributed by atoms with Gasteiger partial charge in [-0.05, 0) is 60.6 Å². The number of rotatable bonds is 10. The summed E-state index contributed by atoms with van der Waals surface area (Å²) in [5.74, 6) is 0.473. The van der Waals surface area contributed by atoms with E-state index in [-0.39, 0.29) is 17.7 Å². The molecule has 36 heavy (non-hydrogen) atoms. The van der Waals surface area contributed by atoms with Crippen LogP contribution < -0.4 is 15.4 Å². The molecule has 190 valence electrons. The van der Waals surface area contributed by atoms with Crippen LogP contribution in [0, 0.1) is 5.92 Å². The lowest BCUT2D eigenvalue weighted by molar-refractivity contribution is -0.127. The third-order valence-corrected chi connectivity index (χ3v) is 6.54. The largest absolute Gasteiger partial charge is 0.493 e. The Balaban J connectivity index is 1.40. The second-order valence-electron chi connectivity index (χ2n) is 9.01. The molecule has 1 aromatic heterocycles. The minimum absolute atomic E-state index is 0.0642. The number of carbonyl (C=O) groups is 2. The molecule has 1 saturated heterocycles. The minimum atomic E-state index is -0.570. The molecular formula is C28H34N4O4. The van der Waals surface area contributed by atoms with Gasteiger partial charge < -0.3 is 25.1 Å². The van der Waals surface area contributed by atoms with E-state index >= 15 is 0 Å². The van der Waals surface area contributed by atoms with Crippen LogP contribution in [0.5, 0.6) is 5.75 Å². The molecule has 0 radical (unpaired) electrons. The Hall–Kier alpha value is -3.65. The number of H-pyrrole nitrogens is 1. The third kappa shape index (κ3) is 6.51. The van der Waals surface area contributed by atoms with Crippen LogP contribution in [0.2, 0.25) is 0 Å². The van der Waals surface area contributed by atoms with E-state index in [2.05, 4.69) is 27.5 Å². The number of carbonyl (C=O) groups excluding carboxylic acids is 2. The van der Waals surface area contributed by atoms with Gasteiger partial charge in [0, 0.05) is 37.8 Å². The van der Waals surface area contributed by atoms with Gasteiger partial charge in [0.2, 0.25) is 11.8 Å². The number of aryl methyl sites for hydroxylation is 1. The SMILES string of the molecule is CCc1cc(NC(=O)C(NC(C)=O)C2CCOCC2)ccc1CCOc1ccccc1-c1cnc[nH]1. The number of anilines is 1. The zero-order chi connectivity index (χ0) is 25.3. The fourth-order valence-corrected chi connectivity index (χ4v) is 4.65. The Kier molecular flexibility index (Phi) is 8.73. The average molecular weight is 491 g/mol. The maximum atomic E-state index is 13.1. The summed E-state index contributed by atoms with van der Waals surface area (Å²) in [6.45, 7) is 5.28. The van der Waals surface area contributed by atoms with Gasteiger partial charge in [-0.1, -0.05) is 25.1 Å². The molecule has 1 aliphatic heterocycles. The highest BCUT2D eigenvalue weighted by molar-refractivity contribution is 5.97. The first-order valence-corrected chi connectivity index (χ1v) is 12.5. The molecule has 0 bridgehead atoms. The van der Waals surface area contributed by atoms with Crippen molar-refractivity contribution in [2.24, 2.45) is 5.92 Å². The molecule has 1 aliphatic rings. The Bertz CT molecular complexity index is 1160. The zero-order valence-corrected chi connectivity index (χ0v) is 20.9. The van der Waals surface area contributed by atoms with Crippen LogP contribution in [-0.4, -0.2) is 47.6 Å². The second kappa shape index (κ2) is 12.4. The van der Waals surface area contributed by atoms with Gasteiger partial charge in [0.05, 0.1) is 24.8 Å². The van der Waals surface area contributed by atoms with Gasteiger partial charge in [-0.2, -0.15) is 0 Å². The third-order valence-electron chi connectivity index (χ3n) is 6.54. The molecule has 3 N–H and O–H groups in total. The van der Waals surface area contributed by atoms with Crippen molar-refractivity contribution in [2.45, 2.75) is 45.6 Å². The van der Waals surface area contributed by atoms with Gasteiger partial charge in [0.25, 0.3) is 0 Å². The molecule has 0 spiro atoms. The number of aromatic amines is 1. The molecule has 2 heterocycles. The van der Waals surface area contributed by atoms with E-state index in [1.54, 1.807) is 12.5 Å². The van der Waals surface area contributed by atoms with Gasteiger partial charge in [-0.3, -0.25) is 9.59 Å². The maximum Gasteiger partial charge on any atom is 0.247 e. The highest BCUT2D eigenvalue weighted by atomic mass is 16.5. The van der Waals surface area contributed by atoms with Gasteiger partial charge in [-0.25, -0.2) is 4.98 Å². The Morgan fingerprint density at radius 1 is 1.17 bits per heavy atom. The molecule has 4 rings (SSSR count). The molecule has 2 amide bonds. The molecule has 1 unspecified atom stereocenters. The summed E-state index contributed by atoms with van der Waals surface area (Å²) in [4.78, 5) is 32.1. The van der Waals surface area contributed by atoms with Crippen molar-refractivity contribution >= 4 is 17.5 Å². The normalized spacial score (nSPS) is 14.7. The first-order chi connectivity index (χ1) is 17.5. The van der Waals surface area contributed by atoms with Crippen LogP contribution >= 0.6 is 0 Å². The molecular weight excluding hydrogens is 456 g/mol. The zero-order valence-electron chi connectivity index (χ0n) is 20.9. The molecule has 8 nitrogen and oxygen atoms in total. The lowest BCUT2D eigenvalue weighted by Crippen LogP contribution is -2.49. The van der Waals surface area contributed by atoms with Gasteiger partial charge >= 0.3 is 0 Å². The van der Waals surface area contributed by atoms with E-state index in [1.165, 1.54) is 12.5 Å². The van der Waals surface area contributed by atoms with E-state index in [0.29, 0.717) is 19.8 Å². The number of benzene rings is 2. The predicted molar refractivity (Wildman–Crippen MR) is 139 cm³/mol. The Morgan fingerprint density at radius 3 is 2.69 bits per heavy atom. The topological polar surface area (TPSA) is 105 Å². The number of hydrogen-bond donors (Lipinski definition) is 3. The summed E-state index contributed by atoms with van der Waals surface area (Å²) in [6.07, 6.45) is 6.51. The highest BCUT2D eigenvalue weighted by Gasteiger charge is 2.30. The Morgan fingerprint density at radius 2 is 1.97 bits per heavy atom. The lowest BCUT2D eigenvalue weighted by Gasteiger charge is -2.29. The molecule has 0 aliphatic carbocycles. The van der Waals surface area contributed by atoms with Gasteiger partial charge in [0.15, 0.2) is 0 Å². The van der Waals surface area contributed by atoms with Crippen LogP contribution in [0.1, 0.15) is 37.8 Å². The summed E-state index contributed by atoms with van der Waals surface area (Å²) in [6, 6.07) is 13.3. The molecule has 0 saturated carbocycles. The molecule has 3 aromatic rings. The quantitative estimate of drug-likeness (QED) is 0.396. The van der Waals surface area contributed by atoms with Crippen LogP contribution in [-0.2, 0) is 27.2 Å². The van der Waals surface area contributed by atoms with Crippen molar-refractivity contribution in [1.82, 2.24) is 15.3 Å². The van der Waals surface area contributed by atoms with E-state index in [4.69, 9.17) is 9.47 Å². The van der Waals surface area contributed by atoms with Gasteiger partial charge in [0.1, 0.15) is 11.8 Å². The molecule has 8 heteroatoms. The number of nitrogens with zero attached hydrogens (tertiary/aromatic N) is 1. The van der Waals surface area contributed by atoms with Crippen molar-refractivity contribution in [3.63, 3.8) is 0 Å². The van der Waals surface area contributed by atoms with Crippen molar-refractivity contribution in [1.29, 1.82) is 0 Å². The number of amides is 2. The van der Waals surface area contributed by atoms with E-state index < -0.39 is 6.04 Å². The minimum Gasteiger partial charge on any atom is -0.493 e. The summed E-state index contributed by atoms with van der Waals surface area (Å²) in [7, 11) is 0. The monoisotopic (exact) mass is 490 g/mol. The van der Waals surface area contributed by atoms with Crippen LogP contribution in [0.3, 0.4) is 0 Å². The van der Waals surface area contributed by atoms with Crippen molar-refractivity contribution in [2.75, 3.05) is 25.1 Å². The summed E-state index contributed by atoms with van der Waals surface area (Å²) in [5.41, 5.74) is 4.95. The molecule has 1 atom stereocenters. The van der Waals surface area contributed by atoms with E-state index in [9.17, 15) is 9.59 Å². The van der Waals surface area contributed by atoms with E-state index in [1.807, 2.05) is 42.5 Å². The number of para-hydroxylation sites is 1. The molecule has 1 fully saturated rings. The van der Waals surface area contributed by atoms with Crippen LogP contribution in [0.25, 0.3) is 11.3 Å². The fourth-order valence-electron chi connectivity index (χ4n) is 4.65. The number of hydrogen-bond acceptors (Lipinski definition) is 5. The van der Waals surface area contributed by atoms with Gasteiger partial charge in [-0.15, -0.1) is 0 Å². The number of aromatic nitrogens is 2. The van der Waals surface area contributed by atoms with Crippen molar-refractivity contribution in [3.8, 4) is 17.0 Å². The number of ether oxygens (including phenoxy) is 2. The van der Waals surface area contributed by atoms with Crippen molar-refractivity contribution in [3.05, 3.63) is 66.1 Å². The summed E-state index contributed by atoms with van der Waals surface area (Å²) in [5, 5.41) is 5.85. The average Bonchev–Trinajstić information content (AvgIpc) is 3.43. The smallest absolute Gasteiger partial charge is 0.247 e. The number of nitrogens with one attached hydrogen (secondary N) is 3. The van der Waals surface area contributed by atoms with Crippen LogP contribution in [0.4, 0.5) is 5.69 Å². The summed E-state index contributed by atoms with van der Waals surface area (Å²) < 4.78 is 11.5. The van der Waals surface area contributed by atoms with Crippen LogP contribution in [0.15, 0.2) is 55.0 Å². The van der Waals surface area contributed by atoms with Crippen molar-refractivity contribution < 1.29 is 19.1 Å². The molecule has 2 aromatic carbocycles. The lowest BCUT2D eigenvalue weighted by atomic mass is 9.91. The number of imidazole rings is 1. The predicted octanol–water partition coefficient (Wildman–Crippen LogP) is 4.13. The first-order valence-electron chi connectivity index (χ1n) is 12.5. The second-order valence-corrected chi connectivity index (χ2v) is 9.01. The maximum absolute atomic E-state index is 13.1. The Labute approximate surface area is 211 Å². The fraction of sp³-hybridized carbons (Fsp3) is 0.393. The standard InChI is InChI=1S/C28H34N4O4/c1-3-20-16-23(32-28(34)27(31-19(2)33)22-10-13-35-14-11-22)9-8-21(20)12-15-36-26-7-5-4-6-24(26)25-17-29-18-30-25/h4-9,16-18,22,27H,3,10-15H2,1-2H3,(H,29,30)(H,31,33)(H,32,34). The van der Waals surface area contributed by atoms with E-state index in [0.717, 1.165) is 53.9 Å². The highest BCUT2D eigenvalue weighted by Crippen LogP contribution is 2.28. The first kappa shape index (κ1) is 25.4.